The first-order chi connectivity index (χ1) is 7.28. The van der Waals surface area contributed by atoms with Crippen molar-refractivity contribution in [2.24, 2.45) is 0 Å². The van der Waals surface area contributed by atoms with Gasteiger partial charge in [-0.25, -0.2) is 4.79 Å². The number of hydrogen-bond donors (Lipinski definition) is 0. The molecule has 0 unspecified atom stereocenters. The van der Waals surface area contributed by atoms with Crippen molar-refractivity contribution < 1.29 is 23.8 Å². The summed E-state index contributed by atoms with van der Waals surface area (Å²) >= 11 is 0. The molecule has 5 heteroatoms. The molecule has 0 aliphatic rings. The Morgan fingerprint density at radius 2 is 2.06 bits per heavy atom. The fourth-order valence-electron chi connectivity index (χ4n) is 0.773. The highest BCUT2D eigenvalue weighted by Crippen LogP contribution is 2.03. The maximum Gasteiger partial charge on any atom is 0.599 e. The second-order valence-electron chi connectivity index (χ2n) is 3.83. The van der Waals surface area contributed by atoms with E-state index >= 15 is 0 Å². The Bertz CT molecular complexity index is 307. The van der Waals surface area contributed by atoms with Gasteiger partial charge in [0.15, 0.2) is 6.54 Å². The highest BCUT2D eigenvalue weighted by Gasteiger charge is 2.25. The maximum atomic E-state index is 11.3. The molecule has 0 aliphatic carbocycles. The maximum absolute atomic E-state index is 11.3. The Balaban J connectivity index is 4.05. The van der Waals surface area contributed by atoms with Crippen LogP contribution >= 0.6 is 0 Å². The number of ether oxygens (including phenoxy) is 1. The van der Waals surface area contributed by atoms with Crippen LogP contribution < -0.4 is 0 Å². The molecule has 0 N–H and O–H groups in total. The lowest BCUT2D eigenvalue weighted by atomic mass is 10.4. The van der Waals surface area contributed by atoms with E-state index in [2.05, 4.69) is 13.2 Å². The molecular formula is C11H18NO4+2. The molecule has 0 saturated carbocycles. The summed E-state index contributed by atoms with van der Waals surface area (Å²) in [6, 6.07) is 0. The van der Waals surface area contributed by atoms with Gasteiger partial charge >= 0.3 is 11.9 Å². The van der Waals surface area contributed by atoms with Crippen LogP contribution in [0.25, 0.3) is 0 Å². The summed E-state index contributed by atoms with van der Waals surface area (Å²) in [5.41, 5.74) is 0.328. The minimum absolute atomic E-state index is 0.0316. The van der Waals surface area contributed by atoms with Crippen molar-refractivity contribution in [2.75, 3.05) is 27.2 Å². The number of rotatable bonds is 6. The third kappa shape index (κ3) is 5.98. The van der Waals surface area contributed by atoms with Crippen LogP contribution in [-0.4, -0.2) is 43.8 Å². The van der Waals surface area contributed by atoms with Gasteiger partial charge in [-0.1, -0.05) is 13.2 Å². The molecule has 0 bridgehead atoms. The van der Waals surface area contributed by atoms with Crippen LogP contribution in [0.4, 0.5) is 0 Å². The SMILES string of the molecule is C=CC(=[O+])OCC[N+](C)(C)OC(=O)C(=C)C. The summed E-state index contributed by atoms with van der Waals surface area (Å²) in [6.07, 6.45) is 1.08. The van der Waals surface area contributed by atoms with E-state index in [1.54, 1.807) is 21.0 Å². The van der Waals surface area contributed by atoms with Crippen LogP contribution in [0.2, 0.25) is 0 Å². The Morgan fingerprint density at radius 1 is 1.50 bits per heavy atom. The van der Waals surface area contributed by atoms with Crippen LogP contribution in [0.15, 0.2) is 24.8 Å². The van der Waals surface area contributed by atoms with Crippen molar-refractivity contribution in [3.05, 3.63) is 24.8 Å². The van der Waals surface area contributed by atoms with Gasteiger partial charge in [0.1, 0.15) is 14.1 Å². The summed E-state index contributed by atoms with van der Waals surface area (Å²) in [5, 5.41) is 0. The molecule has 0 rings (SSSR count). The molecule has 0 aliphatic heterocycles. The van der Waals surface area contributed by atoms with E-state index < -0.39 is 11.9 Å². The lowest BCUT2D eigenvalue weighted by Gasteiger charge is -2.24. The molecule has 1 radical (unpaired) electrons. The second-order valence-corrected chi connectivity index (χ2v) is 3.83. The van der Waals surface area contributed by atoms with E-state index in [0.717, 1.165) is 6.08 Å². The summed E-state index contributed by atoms with van der Waals surface area (Å²) in [6.45, 7) is 8.83. The van der Waals surface area contributed by atoms with Crippen LogP contribution in [-0.2, 0) is 19.2 Å². The molecule has 0 heterocycles. The molecule has 0 amide bonds. The molecule has 0 saturated heterocycles. The summed E-state index contributed by atoms with van der Waals surface area (Å²) in [4.78, 5) is 27.1. The third-order valence-corrected chi connectivity index (χ3v) is 1.72. The first-order valence-electron chi connectivity index (χ1n) is 4.80. The highest BCUT2D eigenvalue weighted by atomic mass is 16.7. The molecule has 0 fully saturated rings. The van der Waals surface area contributed by atoms with Gasteiger partial charge in [0.05, 0.1) is 10.9 Å². The topological polar surface area (TPSA) is 55.4 Å². The van der Waals surface area contributed by atoms with E-state index in [-0.39, 0.29) is 11.3 Å². The second kappa shape index (κ2) is 6.07. The molecule has 0 aromatic carbocycles. The minimum atomic E-state index is -0.494. The molecular weight excluding hydrogens is 210 g/mol. The van der Waals surface area contributed by atoms with E-state index in [1.165, 1.54) is 0 Å². The molecule has 89 valence electrons. The van der Waals surface area contributed by atoms with Crippen LogP contribution in [0.5, 0.6) is 0 Å². The zero-order valence-electron chi connectivity index (χ0n) is 9.99. The Morgan fingerprint density at radius 3 is 2.50 bits per heavy atom. The van der Waals surface area contributed by atoms with Crippen molar-refractivity contribution in [1.82, 2.24) is 0 Å². The van der Waals surface area contributed by atoms with E-state index in [1.807, 2.05) is 0 Å². The fourth-order valence-corrected chi connectivity index (χ4v) is 0.773. The minimum Gasteiger partial charge on any atom is -0.307 e. The number of hydrogen-bond acceptors (Lipinski definition) is 4. The molecule has 0 aromatic heterocycles. The fraction of sp³-hybridized carbons (Fsp3) is 0.455. The van der Waals surface area contributed by atoms with Crippen LogP contribution in [0, 0.1) is 0 Å². The van der Waals surface area contributed by atoms with E-state index in [9.17, 15) is 9.59 Å². The van der Waals surface area contributed by atoms with Crippen molar-refractivity contribution in [2.45, 2.75) is 6.92 Å². The van der Waals surface area contributed by atoms with Gasteiger partial charge in [0.25, 0.3) is 0 Å². The van der Waals surface area contributed by atoms with Crippen LogP contribution in [0.1, 0.15) is 6.92 Å². The van der Waals surface area contributed by atoms with Crippen molar-refractivity contribution in [3.63, 3.8) is 0 Å². The van der Waals surface area contributed by atoms with Crippen molar-refractivity contribution in [3.8, 4) is 0 Å². The van der Waals surface area contributed by atoms with Gasteiger partial charge in [-0.05, 0) is 6.92 Å². The zero-order chi connectivity index (χ0) is 12.8. The summed E-state index contributed by atoms with van der Waals surface area (Å²) < 4.78 is 4.75. The number of nitrogens with zero attached hydrogens (tertiary/aromatic N) is 1. The number of hydroxylamine groups is 3. The number of esters is 1. The van der Waals surface area contributed by atoms with Gasteiger partial charge in [-0.3, -0.25) is 4.84 Å². The zero-order valence-corrected chi connectivity index (χ0v) is 9.99. The number of quaternary nitrogens is 1. The molecule has 0 spiro atoms. The molecule has 0 atom stereocenters. The average molecular weight is 228 g/mol. The average Bonchev–Trinajstić information content (AvgIpc) is 2.16. The standard InChI is InChI=1S/C11H18NO4/c1-6-10(13)15-8-7-12(4,5)16-11(14)9(2)3/h6H,1-2,7-8H2,3-5H3/q+2. The monoisotopic (exact) mass is 228 g/mol. The molecule has 16 heavy (non-hydrogen) atoms. The van der Waals surface area contributed by atoms with Gasteiger partial charge < -0.3 is 4.74 Å². The van der Waals surface area contributed by atoms with Gasteiger partial charge in [-0.2, -0.15) is 0 Å². The first-order valence-corrected chi connectivity index (χ1v) is 4.80. The van der Waals surface area contributed by atoms with Gasteiger partial charge in [-0.15, -0.1) is 4.65 Å². The van der Waals surface area contributed by atoms with Crippen molar-refractivity contribution in [1.29, 1.82) is 0 Å². The summed E-state index contributed by atoms with van der Waals surface area (Å²) in [7, 11) is 3.37. The Labute approximate surface area is 95.5 Å². The largest absolute Gasteiger partial charge is 0.599 e. The number of carbonyl (C=O) groups is 2. The predicted octanol–water partition coefficient (Wildman–Crippen LogP) is 0.826. The first kappa shape index (κ1) is 14.4. The van der Waals surface area contributed by atoms with Gasteiger partial charge in [0, 0.05) is 5.57 Å². The highest BCUT2D eigenvalue weighted by molar-refractivity contribution is 5.86. The Kier molecular flexibility index (Phi) is 5.46. The number of carbonyl (C=O) groups excluding carboxylic acids is 2. The predicted molar refractivity (Wildman–Crippen MR) is 59.0 cm³/mol. The van der Waals surface area contributed by atoms with Crippen LogP contribution in [0.3, 0.4) is 0 Å². The third-order valence-electron chi connectivity index (χ3n) is 1.72. The number of likely N-dealkylation sites (N-methyl/N-ethyl adjacent to an activating group) is 1. The molecule has 5 nitrogen and oxygen atoms in total. The van der Waals surface area contributed by atoms with E-state index in [0.29, 0.717) is 12.1 Å². The van der Waals surface area contributed by atoms with Gasteiger partial charge in [0.2, 0.25) is 6.61 Å². The van der Waals surface area contributed by atoms with Crippen molar-refractivity contribution >= 4 is 11.9 Å². The smallest absolute Gasteiger partial charge is 0.307 e. The summed E-state index contributed by atoms with van der Waals surface area (Å²) in [5.74, 6) is -0.966. The molecule has 0 aromatic rings. The lowest BCUT2D eigenvalue weighted by molar-refractivity contribution is -1.06. The lowest BCUT2D eigenvalue weighted by Crippen LogP contribution is -2.44. The normalized spacial score (nSPS) is 10.4. The van der Waals surface area contributed by atoms with E-state index in [4.69, 9.17) is 9.57 Å². The quantitative estimate of drug-likeness (QED) is 0.222. The Hall–Kier alpha value is -1.62.